The van der Waals surface area contributed by atoms with E-state index in [1.165, 1.54) is 24.5 Å². The summed E-state index contributed by atoms with van der Waals surface area (Å²) in [4.78, 5) is 31.3. The second kappa shape index (κ2) is 3.74. The van der Waals surface area contributed by atoms with E-state index in [-0.39, 0.29) is 11.2 Å². The van der Waals surface area contributed by atoms with Crippen LogP contribution in [0.25, 0.3) is 11.2 Å². The van der Waals surface area contributed by atoms with Gasteiger partial charge in [0, 0.05) is 33.2 Å². The summed E-state index contributed by atoms with van der Waals surface area (Å²) in [7, 11) is 3.19. The highest BCUT2D eigenvalue weighted by molar-refractivity contribution is 5.75. The molecule has 0 aromatic carbocycles. The maximum Gasteiger partial charge on any atom is 0.332 e. The summed E-state index contributed by atoms with van der Waals surface area (Å²) in [6.45, 7) is 1.78. The van der Waals surface area contributed by atoms with E-state index in [0.29, 0.717) is 17.2 Å². The Morgan fingerprint density at radius 2 is 1.85 bits per heavy atom. The molecule has 0 N–H and O–H groups in total. The number of imidazole rings is 1. The summed E-state index contributed by atoms with van der Waals surface area (Å²) >= 11 is 0. The van der Waals surface area contributed by atoms with E-state index in [1.54, 1.807) is 7.05 Å². The number of anilines is 1. The zero-order valence-corrected chi connectivity index (χ0v) is 11.7. The molecule has 106 valence electrons. The first kappa shape index (κ1) is 11.7. The number of rotatable bonds is 1. The molecule has 1 aliphatic heterocycles. The van der Waals surface area contributed by atoms with Crippen LogP contribution in [0.4, 0.5) is 5.95 Å². The Kier molecular flexibility index (Phi) is 2.20. The van der Waals surface area contributed by atoms with Crippen molar-refractivity contribution in [2.75, 3.05) is 11.4 Å². The number of aromatic nitrogens is 4. The number of aryl methyl sites for hydroxylation is 2. The van der Waals surface area contributed by atoms with Crippen molar-refractivity contribution >= 4 is 17.1 Å². The molecule has 0 atom stereocenters. The van der Waals surface area contributed by atoms with E-state index in [0.717, 1.165) is 30.0 Å². The van der Waals surface area contributed by atoms with Crippen LogP contribution in [0, 0.1) is 0 Å². The summed E-state index contributed by atoms with van der Waals surface area (Å²) in [6, 6.07) is 0.562. The Morgan fingerprint density at radius 3 is 2.55 bits per heavy atom. The normalized spacial score (nSPS) is 18.6. The first-order valence-corrected chi connectivity index (χ1v) is 7.02. The Morgan fingerprint density at radius 1 is 1.10 bits per heavy atom. The zero-order chi connectivity index (χ0) is 14.0. The average molecular weight is 275 g/mol. The molecule has 0 amide bonds. The second-order valence-corrected chi connectivity index (χ2v) is 5.72. The van der Waals surface area contributed by atoms with Crippen LogP contribution in [0.3, 0.4) is 0 Å². The van der Waals surface area contributed by atoms with Gasteiger partial charge in [-0.05, 0) is 19.3 Å². The van der Waals surface area contributed by atoms with E-state index in [2.05, 4.69) is 9.88 Å². The minimum absolute atomic E-state index is 0.250. The van der Waals surface area contributed by atoms with Crippen LogP contribution in [0.1, 0.15) is 19.3 Å². The third kappa shape index (κ3) is 1.37. The monoisotopic (exact) mass is 275 g/mol. The fraction of sp³-hybridized carbons (Fsp3) is 0.615. The number of nitrogens with zero attached hydrogens (tertiary/aromatic N) is 5. The van der Waals surface area contributed by atoms with Crippen LogP contribution in [-0.2, 0) is 20.6 Å². The first-order chi connectivity index (χ1) is 9.59. The van der Waals surface area contributed by atoms with Crippen LogP contribution in [0.2, 0.25) is 0 Å². The van der Waals surface area contributed by atoms with E-state index >= 15 is 0 Å². The highest BCUT2D eigenvalue weighted by Crippen LogP contribution is 2.34. The van der Waals surface area contributed by atoms with Gasteiger partial charge in [-0.25, -0.2) is 4.79 Å². The molecule has 2 aliphatic rings. The van der Waals surface area contributed by atoms with Crippen molar-refractivity contribution in [3.05, 3.63) is 20.8 Å². The van der Waals surface area contributed by atoms with Crippen LogP contribution in [0.15, 0.2) is 9.59 Å². The van der Waals surface area contributed by atoms with Gasteiger partial charge in [-0.2, -0.15) is 4.98 Å². The van der Waals surface area contributed by atoms with Gasteiger partial charge in [0.15, 0.2) is 11.2 Å². The quantitative estimate of drug-likeness (QED) is 0.723. The van der Waals surface area contributed by atoms with Crippen molar-refractivity contribution in [3.63, 3.8) is 0 Å². The van der Waals surface area contributed by atoms with Gasteiger partial charge < -0.3 is 9.47 Å². The van der Waals surface area contributed by atoms with Crippen molar-refractivity contribution < 1.29 is 0 Å². The SMILES string of the molecule is Cn1c(=O)c2c(nc3n2CCCN3C2CC2)n(C)c1=O. The third-order valence-corrected chi connectivity index (χ3v) is 4.35. The lowest BCUT2D eigenvalue weighted by molar-refractivity contribution is 0.561. The molecular weight excluding hydrogens is 258 g/mol. The van der Waals surface area contributed by atoms with Gasteiger partial charge in [0.05, 0.1) is 0 Å². The van der Waals surface area contributed by atoms with Crippen molar-refractivity contribution in [1.82, 2.24) is 18.7 Å². The predicted octanol–water partition coefficient (Wildman–Crippen LogP) is -0.194. The van der Waals surface area contributed by atoms with E-state index in [4.69, 9.17) is 0 Å². The topological polar surface area (TPSA) is 65.1 Å². The molecule has 2 aromatic heterocycles. The zero-order valence-electron chi connectivity index (χ0n) is 11.7. The van der Waals surface area contributed by atoms with Gasteiger partial charge in [0.2, 0.25) is 5.95 Å². The molecule has 4 rings (SSSR count). The van der Waals surface area contributed by atoms with Crippen LogP contribution >= 0.6 is 0 Å². The molecule has 1 saturated carbocycles. The molecule has 7 heteroatoms. The summed E-state index contributed by atoms with van der Waals surface area (Å²) in [5.74, 6) is 0.854. The summed E-state index contributed by atoms with van der Waals surface area (Å²) in [5, 5.41) is 0. The largest absolute Gasteiger partial charge is 0.339 e. The highest BCUT2D eigenvalue weighted by atomic mass is 16.2. The number of hydrogen-bond acceptors (Lipinski definition) is 4. The van der Waals surface area contributed by atoms with Gasteiger partial charge in [-0.3, -0.25) is 13.9 Å². The van der Waals surface area contributed by atoms with Gasteiger partial charge in [0.1, 0.15) is 0 Å². The predicted molar refractivity (Wildman–Crippen MR) is 75.2 cm³/mol. The van der Waals surface area contributed by atoms with Crippen LogP contribution in [-0.4, -0.2) is 31.3 Å². The number of hydrogen-bond donors (Lipinski definition) is 0. The molecule has 1 aliphatic carbocycles. The van der Waals surface area contributed by atoms with Gasteiger partial charge >= 0.3 is 5.69 Å². The van der Waals surface area contributed by atoms with E-state index < -0.39 is 0 Å². The first-order valence-electron chi connectivity index (χ1n) is 7.02. The summed E-state index contributed by atoms with van der Waals surface area (Å²) in [6.07, 6.45) is 3.40. The molecule has 20 heavy (non-hydrogen) atoms. The Bertz CT molecular complexity index is 824. The smallest absolute Gasteiger partial charge is 0.332 e. The van der Waals surface area contributed by atoms with Gasteiger partial charge in [-0.1, -0.05) is 0 Å². The Hall–Kier alpha value is -2.05. The van der Waals surface area contributed by atoms with Crippen molar-refractivity contribution in [1.29, 1.82) is 0 Å². The molecule has 1 fully saturated rings. The molecule has 0 bridgehead atoms. The minimum Gasteiger partial charge on any atom is -0.339 e. The lowest BCUT2D eigenvalue weighted by Gasteiger charge is -2.28. The molecule has 0 unspecified atom stereocenters. The molecule has 0 radical (unpaired) electrons. The molecular formula is C13H17N5O2. The summed E-state index contributed by atoms with van der Waals surface area (Å²) in [5.41, 5.74) is 0.478. The fourth-order valence-corrected chi connectivity index (χ4v) is 3.10. The average Bonchev–Trinajstić information content (AvgIpc) is 3.21. The number of fused-ring (bicyclic) bond motifs is 3. The van der Waals surface area contributed by atoms with Crippen molar-refractivity contribution in [2.45, 2.75) is 31.8 Å². The standard InChI is InChI=1S/C13H17N5O2/c1-15-10-9(11(19)16(2)13(15)20)18-7-3-6-17(8-4-5-8)12(18)14-10/h8H,3-7H2,1-2H3. The lowest BCUT2D eigenvalue weighted by Crippen LogP contribution is -2.38. The maximum absolute atomic E-state index is 12.4. The van der Waals surface area contributed by atoms with Crippen LogP contribution < -0.4 is 16.1 Å². The van der Waals surface area contributed by atoms with Gasteiger partial charge in [0.25, 0.3) is 5.56 Å². The van der Waals surface area contributed by atoms with Crippen molar-refractivity contribution in [3.8, 4) is 0 Å². The fourth-order valence-electron chi connectivity index (χ4n) is 3.10. The van der Waals surface area contributed by atoms with Crippen molar-refractivity contribution in [2.24, 2.45) is 14.1 Å². The molecule has 3 heterocycles. The van der Waals surface area contributed by atoms with E-state index in [1.807, 2.05) is 4.57 Å². The lowest BCUT2D eigenvalue weighted by atomic mass is 10.3. The Balaban J connectivity index is 2.10. The highest BCUT2D eigenvalue weighted by Gasteiger charge is 2.35. The van der Waals surface area contributed by atoms with Crippen LogP contribution in [0.5, 0.6) is 0 Å². The summed E-state index contributed by atoms with van der Waals surface area (Å²) < 4.78 is 4.61. The molecule has 0 saturated heterocycles. The molecule has 2 aromatic rings. The maximum atomic E-state index is 12.4. The minimum atomic E-state index is -0.323. The Labute approximate surface area is 115 Å². The third-order valence-electron chi connectivity index (χ3n) is 4.35. The molecule has 7 nitrogen and oxygen atoms in total. The second-order valence-electron chi connectivity index (χ2n) is 5.72. The van der Waals surface area contributed by atoms with E-state index in [9.17, 15) is 9.59 Å². The molecule has 0 spiro atoms. The van der Waals surface area contributed by atoms with Gasteiger partial charge in [-0.15, -0.1) is 0 Å².